The fourth-order valence-electron chi connectivity index (χ4n) is 4.77. The first-order valence-electron chi connectivity index (χ1n) is 12.6. The molecule has 1 aliphatic carbocycles. The standard InChI is InChI=1S/C30H32N4O3S/c1-6-23-19-24(36-4)27-31-25(26(34(27)33-23)21-11-8-7-9-12-21)20-13-15-22(16-14-20)30(17-10-18-30)32-28(35)37-29(2,3)38-5/h6-9,11-16,19H,1,10,17-18H2,2-5H3,(H,32,35). The van der Waals surface area contributed by atoms with Crippen LogP contribution in [0.4, 0.5) is 4.79 Å². The Morgan fingerprint density at radius 3 is 2.42 bits per heavy atom. The van der Waals surface area contributed by atoms with E-state index in [0.717, 1.165) is 47.3 Å². The molecule has 5 rings (SSSR count). The van der Waals surface area contributed by atoms with Gasteiger partial charge in [0.2, 0.25) is 0 Å². The second-order valence-electron chi connectivity index (χ2n) is 9.88. The lowest BCUT2D eigenvalue weighted by atomic mass is 9.71. The minimum atomic E-state index is -0.587. The highest BCUT2D eigenvalue weighted by atomic mass is 32.2. The maximum absolute atomic E-state index is 12.7. The molecule has 1 fully saturated rings. The molecule has 0 atom stereocenters. The maximum atomic E-state index is 12.7. The molecule has 1 aliphatic rings. The van der Waals surface area contributed by atoms with Crippen LogP contribution in [0.3, 0.4) is 0 Å². The molecule has 0 unspecified atom stereocenters. The molecule has 8 heteroatoms. The fourth-order valence-corrected chi connectivity index (χ4v) is 4.93. The molecule has 0 saturated heterocycles. The largest absolute Gasteiger partial charge is 0.493 e. The number of alkyl carbamates (subject to hydrolysis) is 1. The maximum Gasteiger partial charge on any atom is 0.409 e. The number of benzene rings is 2. The van der Waals surface area contributed by atoms with Crippen molar-refractivity contribution in [1.29, 1.82) is 0 Å². The van der Waals surface area contributed by atoms with Crippen LogP contribution in [-0.2, 0) is 10.3 Å². The summed E-state index contributed by atoms with van der Waals surface area (Å²) in [5.74, 6) is 0.624. The van der Waals surface area contributed by atoms with Gasteiger partial charge in [-0.2, -0.15) is 5.10 Å². The van der Waals surface area contributed by atoms with Crippen molar-refractivity contribution in [3.05, 3.63) is 78.5 Å². The number of methoxy groups -OCH3 is 1. The molecular weight excluding hydrogens is 496 g/mol. The van der Waals surface area contributed by atoms with Crippen LogP contribution in [0.15, 0.2) is 67.2 Å². The Labute approximate surface area is 227 Å². The van der Waals surface area contributed by atoms with Crippen LogP contribution in [0.25, 0.3) is 34.2 Å². The van der Waals surface area contributed by atoms with Crippen molar-refractivity contribution >= 4 is 29.6 Å². The number of aromatic nitrogens is 3. The van der Waals surface area contributed by atoms with Crippen molar-refractivity contribution < 1.29 is 14.3 Å². The van der Waals surface area contributed by atoms with Gasteiger partial charge in [-0.1, -0.05) is 61.2 Å². The minimum Gasteiger partial charge on any atom is -0.493 e. The number of thioether (sulfide) groups is 1. The molecule has 0 radical (unpaired) electrons. The third-order valence-corrected chi connectivity index (χ3v) is 8.20. The first-order chi connectivity index (χ1) is 18.3. The summed E-state index contributed by atoms with van der Waals surface area (Å²) in [5, 5.41) is 7.92. The van der Waals surface area contributed by atoms with Crippen molar-refractivity contribution in [3.63, 3.8) is 0 Å². The molecule has 1 N–H and O–H groups in total. The number of ether oxygens (including phenoxy) is 2. The van der Waals surface area contributed by atoms with Gasteiger partial charge in [-0.05, 0) is 51.0 Å². The lowest BCUT2D eigenvalue weighted by molar-refractivity contribution is 0.0747. The van der Waals surface area contributed by atoms with Crippen LogP contribution in [-0.4, -0.2) is 39.0 Å². The van der Waals surface area contributed by atoms with Crippen LogP contribution in [0.1, 0.15) is 44.4 Å². The molecule has 7 nitrogen and oxygen atoms in total. The van der Waals surface area contributed by atoms with Crippen molar-refractivity contribution in [2.45, 2.75) is 43.6 Å². The van der Waals surface area contributed by atoms with Gasteiger partial charge in [0.25, 0.3) is 0 Å². The van der Waals surface area contributed by atoms with Gasteiger partial charge in [-0.25, -0.2) is 14.3 Å². The summed E-state index contributed by atoms with van der Waals surface area (Å²) in [6.45, 7) is 7.66. The van der Waals surface area contributed by atoms with Crippen LogP contribution in [0.5, 0.6) is 5.75 Å². The molecule has 196 valence electrons. The van der Waals surface area contributed by atoms with E-state index in [2.05, 4.69) is 36.2 Å². The highest BCUT2D eigenvalue weighted by Crippen LogP contribution is 2.43. The number of carbonyl (C=O) groups is 1. The van der Waals surface area contributed by atoms with Crippen LogP contribution in [0.2, 0.25) is 0 Å². The number of nitrogens with one attached hydrogen (secondary N) is 1. The van der Waals surface area contributed by atoms with E-state index in [-0.39, 0.29) is 0 Å². The normalized spacial score (nSPS) is 14.5. The van der Waals surface area contributed by atoms with Crippen molar-refractivity contribution in [2.75, 3.05) is 13.4 Å². The average Bonchev–Trinajstić information content (AvgIpc) is 3.30. The van der Waals surface area contributed by atoms with E-state index in [0.29, 0.717) is 17.1 Å². The van der Waals surface area contributed by atoms with Gasteiger partial charge in [-0.15, -0.1) is 11.8 Å². The Morgan fingerprint density at radius 2 is 1.84 bits per heavy atom. The highest BCUT2D eigenvalue weighted by Gasteiger charge is 2.41. The summed E-state index contributed by atoms with van der Waals surface area (Å²) < 4.78 is 13.1. The summed E-state index contributed by atoms with van der Waals surface area (Å²) in [7, 11) is 1.63. The lowest BCUT2D eigenvalue weighted by Gasteiger charge is -2.43. The van der Waals surface area contributed by atoms with Gasteiger partial charge in [0.05, 0.1) is 24.0 Å². The third kappa shape index (κ3) is 4.76. The average molecular weight is 529 g/mol. The van der Waals surface area contributed by atoms with Gasteiger partial charge in [-0.3, -0.25) is 0 Å². The number of nitrogens with zero attached hydrogens (tertiary/aromatic N) is 3. The van der Waals surface area contributed by atoms with E-state index in [9.17, 15) is 4.79 Å². The Kier molecular flexibility index (Phi) is 6.92. The van der Waals surface area contributed by atoms with Gasteiger partial charge < -0.3 is 14.8 Å². The van der Waals surface area contributed by atoms with E-state index in [4.69, 9.17) is 19.6 Å². The number of amides is 1. The molecule has 0 aliphatic heterocycles. The predicted octanol–water partition coefficient (Wildman–Crippen LogP) is 6.92. The van der Waals surface area contributed by atoms with Gasteiger partial charge >= 0.3 is 6.09 Å². The number of hydrogen-bond donors (Lipinski definition) is 1. The van der Waals surface area contributed by atoms with Gasteiger partial charge in [0.1, 0.15) is 5.69 Å². The number of imidazole rings is 1. The third-order valence-electron chi connectivity index (χ3n) is 7.13. The number of fused-ring (bicyclic) bond motifs is 1. The zero-order chi connectivity index (χ0) is 26.9. The lowest BCUT2D eigenvalue weighted by Crippen LogP contribution is -2.52. The Morgan fingerprint density at radius 1 is 1.13 bits per heavy atom. The topological polar surface area (TPSA) is 77.8 Å². The summed E-state index contributed by atoms with van der Waals surface area (Å²) in [6, 6.07) is 20.2. The Hall–Kier alpha value is -3.78. The molecule has 1 saturated carbocycles. The van der Waals surface area contributed by atoms with Crippen LogP contribution < -0.4 is 10.1 Å². The van der Waals surface area contributed by atoms with E-state index in [1.165, 1.54) is 11.8 Å². The monoisotopic (exact) mass is 528 g/mol. The molecule has 38 heavy (non-hydrogen) atoms. The molecule has 2 aromatic heterocycles. The number of rotatable bonds is 8. The van der Waals surface area contributed by atoms with E-state index < -0.39 is 16.6 Å². The number of carbonyl (C=O) groups excluding carboxylic acids is 1. The minimum absolute atomic E-state index is 0.393. The summed E-state index contributed by atoms with van der Waals surface area (Å²) >= 11 is 1.50. The van der Waals surface area contributed by atoms with Crippen LogP contribution >= 0.6 is 11.8 Å². The number of hydrogen-bond acceptors (Lipinski definition) is 6. The summed E-state index contributed by atoms with van der Waals surface area (Å²) in [5.41, 5.74) is 5.57. The van der Waals surface area contributed by atoms with Gasteiger partial charge in [0.15, 0.2) is 16.3 Å². The van der Waals surface area contributed by atoms with Crippen LogP contribution in [0, 0.1) is 0 Å². The SMILES string of the molecule is C=Cc1cc(OC)c2nc(-c3ccc(C4(NC(=O)OC(C)(C)SC)CCC4)cc3)c(-c3ccccc3)n2n1. The highest BCUT2D eigenvalue weighted by molar-refractivity contribution is 7.99. The predicted molar refractivity (Wildman–Crippen MR) is 153 cm³/mol. The zero-order valence-electron chi connectivity index (χ0n) is 22.2. The Balaban J connectivity index is 1.55. The molecule has 2 aromatic carbocycles. The second-order valence-corrected chi connectivity index (χ2v) is 11.3. The first kappa shape index (κ1) is 25.9. The van der Waals surface area contributed by atoms with Gasteiger partial charge in [0, 0.05) is 17.2 Å². The summed E-state index contributed by atoms with van der Waals surface area (Å²) in [4.78, 5) is 17.1. The molecule has 0 bridgehead atoms. The van der Waals surface area contributed by atoms with E-state index in [1.807, 2.05) is 61.0 Å². The molecule has 0 spiro atoms. The second kappa shape index (κ2) is 10.2. The van der Waals surface area contributed by atoms with E-state index in [1.54, 1.807) is 13.2 Å². The first-order valence-corrected chi connectivity index (χ1v) is 13.8. The summed E-state index contributed by atoms with van der Waals surface area (Å²) in [6.07, 6.45) is 6.03. The molecule has 2 heterocycles. The van der Waals surface area contributed by atoms with Crippen molar-refractivity contribution in [3.8, 4) is 28.3 Å². The molecule has 1 amide bonds. The quantitative estimate of drug-likeness (QED) is 0.250. The molecular formula is C30H32N4O3S. The van der Waals surface area contributed by atoms with E-state index >= 15 is 0 Å². The zero-order valence-corrected chi connectivity index (χ0v) is 23.0. The van der Waals surface area contributed by atoms with Crippen molar-refractivity contribution in [1.82, 2.24) is 19.9 Å². The van der Waals surface area contributed by atoms with Crippen molar-refractivity contribution in [2.24, 2.45) is 0 Å². The smallest absolute Gasteiger partial charge is 0.409 e. The Bertz CT molecular complexity index is 1480. The molecule has 4 aromatic rings. The fraction of sp³-hybridized carbons (Fsp3) is 0.300.